The van der Waals surface area contributed by atoms with Crippen LogP contribution in [0, 0.1) is 0 Å². The van der Waals surface area contributed by atoms with E-state index in [4.69, 9.17) is 17.3 Å². The van der Waals surface area contributed by atoms with Crippen LogP contribution in [-0.2, 0) is 5.54 Å². The van der Waals surface area contributed by atoms with E-state index in [2.05, 4.69) is 20.3 Å². The number of nitrogens with one attached hydrogen (secondary N) is 1. The average Bonchev–Trinajstić information content (AvgIpc) is 2.55. The average molecular weight is 362 g/mol. The molecule has 1 atom stereocenters. The van der Waals surface area contributed by atoms with Gasteiger partial charge >= 0.3 is 0 Å². The molecule has 3 heterocycles. The Morgan fingerprint density at radius 3 is 2.92 bits per heavy atom. The molecule has 2 aromatic rings. The second-order valence-corrected chi connectivity index (χ2v) is 7.12. The number of halogens is 1. The maximum Gasteiger partial charge on any atom is 0.275 e. The van der Waals surface area contributed by atoms with E-state index < -0.39 is 5.54 Å². The summed E-state index contributed by atoms with van der Waals surface area (Å²) < 4.78 is 0. The molecular formula is C16H16ClN5OS. The Labute approximate surface area is 148 Å². The van der Waals surface area contributed by atoms with Gasteiger partial charge in [0.05, 0.1) is 10.6 Å². The number of aliphatic imine (C=N–C) groups is 1. The lowest BCUT2D eigenvalue weighted by Gasteiger charge is -2.29. The minimum atomic E-state index is -0.406. The Kier molecular flexibility index (Phi) is 4.73. The molecule has 0 radical (unpaired) electrons. The fraction of sp³-hybridized carbons (Fsp3) is 0.250. The zero-order chi connectivity index (χ0) is 17.2. The Morgan fingerprint density at radius 2 is 2.21 bits per heavy atom. The minimum Gasteiger partial charge on any atom is -0.379 e. The number of nitrogens with zero attached hydrogens (tertiary/aromatic N) is 3. The highest BCUT2D eigenvalue weighted by Crippen LogP contribution is 2.35. The summed E-state index contributed by atoms with van der Waals surface area (Å²) >= 11 is 7.33. The van der Waals surface area contributed by atoms with Crippen molar-refractivity contribution in [1.82, 2.24) is 9.97 Å². The van der Waals surface area contributed by atoms with Crippen molar-refractivity contribution in [2.75, 3.05) is 11.1 Å². The maximum atomic E-state index is 12.2. The Balaban J connectivity index is 1.82. The molecule has 8 heteroatoms. The summed E-state index contributed by atoms with van der Waals surface area (Å²) in [6.45, 7) is 2.03. The lowest BCUT2D eigenvalue weighted by molar-refractivity contribution is 0.102. The zero-order valence-corrected chi connectivity index (χ0v) is 14.6. The highest BCUT2D eigenvalue weighted by Gasteiger charge is 2.29. The molecule has 124 valence electrons. The third kappa shape index (κ3) is 3.68. The van der Waals surface area contributed by atoms with Crippen LogP contribution in [0.5, 0.6) is 0 Å². The van der Waals surface area contributed by atoms with Crippen LogP contribution in [0.15, 0.2) is 41.7 Å². The van der Waals surface area contributed by atoms with Crippen LogP contribution in [-0.4, -0.2) is 26.8 Å². The number of nitrogens with two attached hydrogens (primary N) is 1. The third-order valence-corrected chi connectivity index (χ3v) is 4.80. The summed E-state index contributed by atoms with van der Waals surface area (Å²) in [6.07, 6.45) is 3.95. The first-order chi connectivity index (χ1) is 11.5. The standard InChI is InChI=1S/C16H16ClN5OS/c1-16(5-7-24-15(18)22-16)10-4-6-19-13(8-10)21-14(23)12-3-2-11(17)9-20-12/h2-4,6,8-9H,5,7H2,1H3,(H2,18,22)(H,19,21,23)/t16-/m0/s1. The molecule has 2 aromatic heterocycles. The van der Waals surface area contributed by atoms with E-state index in [1.165, 1.54) is 6.20 Å². The molecule has 3 N–H and O–H groups in total. The van der Waals surface area contributed by atoms with Crippen LogP contribution in [0.2, 0.25) is 5.02 Å². The molecule has 0 saturated heterocycles. The van der Waals surface area contributed by atoms with Crippen molar-refractivity contribution in [3.63, 3.8) is 0 Å². The number of thioether (sulfide) groups is 1. The molecule has 24 heavy (non-hydrogen) atoms. The summed E-state index contributed by atoms with van der Waals surface area (Å²) in [5, 5.41) is 3.80. The maximum absolute atomic E-state index is 12.2. The van der Waals surface area contributed by atoms with E-state index in [9.17, 15) is 4.79 Å². The summed E-state index contributed by atoms with van der Waals surface area (Å²) in [7, 11) is 0. The Morgan fingerprint density at radius 1 is 1.38 bits per heavy atom. The van der Waals surface area contributed by atoms with Gasteiger partial charge in [-0.05, 0) is 43.2 Å². The third-order valence-electron chi connectivity index (χ3n) is 3.78. The van der Waals surface area contributed by atoms with E-state index in [1.54, 1.807) is 30.1 Å². The number of carbonyl (C=O) groups excluding carboxylic acids is 1. The van der Waals surface area contributed by atoms with Crippen LogP contribution >= 0.6 is 23.4 Å². The lowest BCUT2D eigenvalue weighted by atomic mass is 9.90. The molecule has 0 unspecified atom stereocenters. The zero-order valence-electron chi connectivity index (χ0n) is 13.0. The number of anilines is 1. The first-order valence-corrected chi connectivity index (χ1v) is 8.70. The lowest BCUT2D eigenvalue weighted by Crippen LogP contribution is -2.29. The molecule has 0 aromatic carbocycles. The molecule has 0 spiro atoms. The van der Waals surface area contributed by atoms with E-state index in [0.717, 1.165) is 17.7 Å². The molecule has 1 amide bonds. The Hall–Kier alpha value is -2.12. The molecule has 0 fully saturated rings. The number of carbonyl (C=O) groups is 1. The van der Waals surface area contributed by atoms with Gasteiger partial charge in [-0.3, -0.25) is 9.79 Å². The van der Waals surface area contributed by atoms with Crippen molar-refractivity contribution in [3.05, 3.63) is 52.9 Å². The van der Waals surface area contributed by atoms with Gasteiger partial charge in [-0.15, -0.1) is 0 Å². The number of pyridine rings is 2. The largest absolute Gasteiger partial charge is 0.379 e. The molecule has 6 nitrogen and oxygen atoms in total. The van der Waals surface area contributed by atoms with Crippen molar-refractivity contribution in [2.45, 2.75) is 18.9 Å². The first-order valence-electron chi connectivity index (χ1n) is 7.34. The second kappa shape index (κ2) is 6.78. The molecular weight excluding hydrogens is 346 g/mol. The summed E-state index contributed by atoms with van der Waals surface area (Å²) in [5.41, 5.74) is 6.69. The predicted molar refractivity (Wildman–Crippen MR) is 97.5 cm³/mol. The minimum absolute atomic E-state index is 0.272. The molecule has 0 aliphatic carbocycles. The molecule has 0 bridgehead atoms. The van der Waals surface area contributed by atoms with Crippen LogP contribution in [0.3, 0.4) is 0 Å². The van der Waals surface area contributed by atoms with Gasteiger partial charge in [-0.2, -0.15) is 0 Å². The predicted octanol–water partition coefficient (Wildman–Crippen LogP) is 3.05. The summed E-state index contributed by atoms with van der Waals surface area (Å²) in [5.74, 6) is 1.01. The summed E-state index contributed by atoms with van der Waals surface area (Å²) in [4.78, 5) is 25.0. The number of amides is 1. The van der Waals surface area contributed by atoms with Crippen molar-refractivity contribution in [1.29, 1.82) is 0 Å². The van der Waals surface area contributed by atoms with Gasteiger partial charge in [0.2, 0.25) is 0 Å². The fourth-order valence-electron chi connectivity index (χ4n) is 2.42. The van der Waals surface area contributed by atoms with Gasteiger partial charge < -0.3 is 11.1 Å². The molecule has 0 saturated carbocycles. The van der Waals surface area contributed by atoms with E-state index in [-0.39, 0.29) is 11.6 Å². The second-order valence-electron chi connectivity index (χ2n) is 5.57. The first kappa shape index (κ1) is 16.7. The molecule has 3 rings (SSSR count). The number of hydrogen-bond acceptors (Lipinski definition) is 6. The Bertz CT molecular complexity index is 795. The van der Waals surface area contributed by atoms with E-state index >= 15 is 0 Å². The smallest absolute Gasteiger partial charge is 0.275 e. The van der Waals surface area contributed by atoms with Crippen LogP contribution in [0.25, 0.3) is 0 Å². The van der Waals surface area contributed by atoms with Gasteiger partial charge in [-0.1, -0.05) is 23.4 Å². The van der Waals surface area contributed by atoms with E-state index in [1.807, 2.05) is 19.1 Å². The van der Waals surface area contributed by atoms with Crippen LogP contribution in [0.4, 0.5) is 5.82 Å². The topological polar surface area (TPSA) is 93.3 Å². The normalized spacial score (nSPS) is 20.3. The molecule has 1 aliphatic heterocycles. The number of amidine groups is 1. The number of rotatable bonds is 3. The highest BCUT2D eigenvalue weighted by molar-refractivity contribution is 8.13. The summed E-state index contributed by atoms with van der Waals surface area (Å²) in [6, 6.07) is 6.89. The van der Waals surface area contributed by atoms with Crippen LogP contribution < -0.4 is 11.1 Å². The van der Waals surface area contributed by atoms with Gasteiger partial charge in [0.25, 0.3) is 5.91 Å². The fourth-order valence-corrected chi connectivity index (χ4v) is 3.51. The van der Waals surface area contributed by atoms with Gasteiger partial charge in [-0.25, -0.2) is 9.97 Å². The van der Waals surface area contributed by atoms with Gasteiger partial charge in [0.15, 0.2) is 5.17 Å². The van der Waals surface area contributed by atoms with Crippen LogP contribution in [0.1, 0.15) is 29.4 Å². The van der Waals surface area contributed by atoms with Crippen molar-refractivity contribution < 1.29 is 4.79 Å². The molecule has 1 aliphatic rings. The van der Waals surface area contributed by atoms with Crippen molar-refractivity contribution in [2.24, 2.45) is 10.7 Å². The highest BCUT2D eigenvalue weighted by atomic mass is 35.5. The quantitative estimate of drug-likeness (QED) is 0.876. The monoisotopic (exact) mass is 361 g/mol. The van der Waals surface area contributed by atoms with Gasteiger partial charge in [0.1, 0.15) is 11.5 Å². The SMILES string of the molecule is C[C@@]1(c2ccnc(NC(=O)c3ccc(Cl)cn3)c2)CCSC(N)=N1. The van der Waals surface area contributed by atoms with Gasteiger partial charge in [0, 0.05) is 18.1 Å². The number of aromatic nitrogens is 2. The van der Waals surface area contributed by atoms with Crippen molar-refractivity contribution >= 4 is 40.3 Å². The van der Waals surface area contributed by atoms with Crippen molar-refractivity contribution in [3.8, 4) is 0 Å². The number of hydrogen-bond donors (Lipinski definition) is 2. The van der Waals surface area contributed by atoms with E-state index in [0.29, 0.717) is 16.0 Å².